The normalized spacial score (nSPS) is 16.0. The van der Waals surface area contributed by atoms with Crippen LogP contribution in [-0.4, -0.2) is 43.7 Å². The zero-order valence-corrected chi connectivity index (χ0v) is 9.59. The van der Waals surface area contributed by atoms with Crippen molar-refractivity contribution in [3.05, 3.63) is 24.3 Å². The Morgan fingerprint density at radius 2 is 2.24 bits per heavy atom. The first kappa shape index (κ1) is 11.7. The van der Waals surface area contributed by atoms with Crippen molar-refractivity contribution >= 4 is 11.6 Å². The second-order valence-electron chi connectivity index (χ2n) is 3.82. The van der Waals surface area contributed by atoms with Gasteiger partial charge in [0, 0.05) is 6.54 Å². The van der Waals surface area contributed by atoms with E-state index in [0.29, 0.717) is 37.7 Å². The molecule has 0 unspecified atom stereocenters. The Morgan fingerprint density at radius 1 is 1.41 bits per heavy atom. The molecule has 1 aromatic rings. The molecule has 1 heterocycles. The molecule has 17 heavy (non-hydrogen) atoms. The van der Waals surface area contributed by atoms with Crippen LogP contribution >= 0.6 is 0 Å². The quantitative estimate of drug-likeness (QED) is 0.773. The van der Waals surface area contributed by atoms with Gasteiger partial charge in [-0.2, -0.15) is 0 Å². The molecule has 92 valence electrons. The van der Waals surface area contributed by atoms with Gasteiger partial charge in [-0.15, -0.1) is 0 Å². The van der Waals surface area contributed by atoms with Gasteiger partial charge in [0.05, 0.1) is 18.8 Å². The average Bonchev–Trinajstić information content (AvgIpc) is 2.34. The first-order valence-electron chi connectivity index (χ1n) is 5.60. The number of hydrogen-bond donors (Lipinski definition) is 1. The molecule has 0 atom stereocenters. The van der Waals surface area contributed by atoms with Crippen molar-refractivity contribution in [2.45, 2.75) is 0 Å². The molecule has 0 spiro atoms. The summed E-state index contributed by atoms with van der Waals surface area (Å²) >= 11 is 0. The molecular weight excluding hydrogens is 220 g/mol. The highest BCUT2D eigenvalue weighted by molar-refractivity contribution is 5.77. The summed E-state index contributed by atoms with van der Waals surface area (Å²) in [5.74, 6) is 0.675. The van der Waals surface area contributed by atoms with E-state index in [0.717, 1.165) is 0 Å². The monoisotopic (exact) mass is 236 g/mol. The van der Waals surface area contributed by atoms with E-state index >= 15 is 0 Å². The largest absolute Gasteiger partial charge is 0.490 e. The van der Waals surface area contributed by atoms with Crippen molar-refractivity contribution < 1.29 is 14.3 Å². The number of nitrogens with zero attached hydrogens (tertiary/aromatic N) is 1. The van der Waals surface area contributed by atoms with E-state index in [-0.39, 0.29) is 12.5 Å². The first-order chi connectivity index (χ1) is 8.27. The van der Waals surface area contributed by atoms with Crippen LogP contribution in [0, 0.1) is 0 Å². The molecule has 5 nitrogen and oxygen atoms in total. The zero-order valence-electron chi connectivity index (χ0n) is 9.59. The van der Waals surface area contributed by atoms with Crippen molar-refractivity contribution in [1.82, 2.24) is 4.90 Å². The number of para-hydroxylation sites is 2. The van der Waals surface area contributed by atoms with Crippen LogP contribution in [-0.2, 0) is 9.53 Å². The molecule has 2 rings (SSSR count). The maximum atomic E-state index is 11.4. The maximum absolute atomic E-state index is 11.4. The molecule has 1 aliphatic rings. The summed E-state index contributed by atoms with van der Waals surface area (Å²) in [6, 6.07) is 7.32. The Morgan fingerprint density at radius 3 is 3.00 bits per heavy atom. The van der Waals surface area contributed by atoms with E-state index in [9.17, 15) is 4.79 Å². The molecule has 0 bridgehead atoms. The van der Waals surface area contributed by atoms with E-state index in [4.69, 9.17) is 15.2 Å². The standard InChI is InChI=1S/C12H16N2O3/c13-10-3-1-2-4-11(10)17-8-6-14-5-7-16-9-12(14)15/h1-4H,5-9,13H2. The number of morpholine rings is 1. The van der Waals surface area contributed by atoms with Gasteiger partial charge in [0.25, 0.3) is 0 Å². The number of benzene rings is 1. The van der Waals surface area contributed by atoms with Gasteiger partial charge in [0.1, 0.15) is 19.0 Å². The van der Waals surface area contributed by atoms with Crippen molar-refractivity contribution in [3.8, 4) is 5.75 Å². The molecule has 1 saturated heterocycles. The highest BCUT2D eigenvalue weighted by atomic mass is 16.5. The molecule has 5 heteroatoms. The Labute approximate surface area is 100 Å². The van der Waals surface area contributed by atoms with E-state index in [1.165, 1.54) is 0 Å². The molecule has 0 aliphatic carbocycles. The fourth-order valence-corrected chi connectivity index (χ4v) is 1.66. The molecule has 0 radical (unpaired) electrons. The number of carbonyl (C=O) groups excluding carboxylic acids is 1. The van der Waals surface area contributed by atoms with Crippen molar-refractivity contribution in [3.63, 3.8) is 0 Å². The molecule has 0 saturated carbocycles. The molecule has 0 aromatic heterocycles. The lowest BCUT2D eigenvalue weighted by Gasteiger charge is -2.26. The summed E-state index contributed by atoms with van der Waals surface area (Å²) in [5, 5.41) is 0. The summed E-state index contributed by atoms with van der Waals surface area (Å²) in [4.78, 5) is 13.2. The van der Waals surface area contributed by atoms with Crippen LogP contribution < -0.4 is 10.5 Å². The third-order valence-electron chi connectivity index (χ3n) is 2.62. The van der Waals surface area contributed by atoms with Gasteiger partial charge in [-0.1, -0.05) is 12.1 Å². The van der Waals surface area contributed by atoms with Crippen LogP contribution in [0.3, 0.4) is 0 Å². The van der Waals surface area contributed by atoms with Crippen LogP contribution in [0.25, 0.3) is 0 Å². The fraction of sp³-hybridized carbons (Fsp3) is 0.417. The Hall–Kier alpha value is -1.75. The van der Waals surface area contributed by atoms with Crippen LogP contribution in [0.15, 0.2) is 24.3 Å². The molecule has 1 aromatic carbocycles. The van der Waals surface area contributed by atoms with Gasteiger partial charge < -0.3 is 20.1 Å². The number of ether oxygens (including phenoxy) is 2. The van der Waals surface area contributed by atoms with Gasteiger partial charge in [-0.25, -0.2) is 0 Å². The smallest absolute Gasteiger partial charge is 0.248 e. The molecule has 1 aliphatic heterocycles. The van der Waals surface area contributed by atoms with Gasteiger partial charge in [-0.3, -0.25) is 4.79 Å². The Balaban J connectivity index is 1.79. The minimum atomic E-state index is 0.0147. The van der Waals surface area contributed by atoms with E-state index in [1.54, 1.807) is 11.0 Å². The number of carbonyl (C=O) groups is 1. The highest BCUT2D eigenvalue weighted by Crippen LogP contribution is 2.19. The van der Waals surface area contributed by atoms with Crippen molar-refractivity contribution in [1.29, 1.82) is 0 Å². The second kappa shape index (κ2) is 5.54. The first-order valence-corrected chi connectivity index (χ1v) is 5.60. The number of amides is 1. The zero-order chi connectivity index (χ0) is 12.1. The number of hydrogen-bond acceptors (Lipinski definition) is 4. The van der Waals surface area contributed by atoms with Gasteiger partial charge in [0.2, 0.25) is 5.91 Å². The lowest BCUT2D eigenvalue weighted by molar-refractivity contribution is -0.143. The summed E-state index contributed by atoms with van der Waals surface area (Å²) < 4.78 is 10.6. The highest BCUT2D eigenvalue weighted by Gasteiger charge is 2.17. The SMILES string of the molecule is Nc1ccccc1OCCN1CCOCC1=O. The van der Waals surface area contributed by atoms with E-state index in [1.807, 2.05) is 18.2 Å². The number of anilines is 1. The lowest BCUT2D eigenvalue weighted by atomic mass is 10.3. The van der Waals surface area contributed by atoms with Crippen LogP contribution in [0.5, 0.6) is 5.75 Å². The van der Waals surface area contributed by atoms with Crippen molar-refractivity contribution in [2.75, 3.05) is 38.6 Å². The summed E-state index contributed by atoms with van der Waals surface area (Å²) in [6.45, 7) is 2.41. The van der Waals surface area contributed by atoms with E-state index < -0.39 is 0 Å². The summed E-state index contributed by atoms with van der Waals surface area (Å²) in [6.07, 6.45) is 0. The Bertz CT molecular complexity index is 395. The van der Waals surface area contributed by atoms with Gasteiger partial charge in [-0.05, 0) is 12.1 Å². The number of rotatable bonds is 4. The Kier molecular flexibility index (Phi) is 3.82. The minimum Gasteiger partial charge on any atom is -0.490 e. The van der Waals surface area contributed by atoms with E-state index in [2.05, 4.69) is 0 Å². The van der Waals surface area contributed by atoms with Crippen LogP contribution in [0.1, 0.15) is 0 Å². The third-order valence-corrected chi connectivity index (χ3v) is 2.62. The predicted molar refractivity (Wildman–Crippen MR) is 63.7 cm³/mol. The third kappa shape index (κ3) is 3.10. The van der Waals surface area contributed by atoms with Gasteiger partial charge in [0.15, 0.2) is 0 Å². The molecule has 1 amide bonds. The fourth-order valence-electron chi connectivity index (χ4n) is 1.66. The van der Waals surface area contributed by atoms with Gasteiger partial charge >= 0.3 is 0 Å². The lowest BCUT2D eigenvalue weighted by Crippen LogP contribution is -2.43. The number of nitrogens with two attached hydrogens (primary N) is 1. The second-order valence-corrected chi connectivity index (χ2v) is 3.82. The predicted octanol–water partition coefficient (Wildman–Crippen LogP) is 0.506. The summed E-state index contributed by atoms with van der Waals surface area (Å²) in [5.41, 5.74) is 6.35. The average molecular weight is 236 g/mol. The van der Waals surface area contributed by atoms with Crippen LogP contribution in [0.2, 0.25) is 0 Å². The number of nitrogen functional groups attached to an aromatic ring is 1. The maximum Gasteiger partial charge on any atom is 0.248 e. The minimum absolute atomic E-state index is 0.0147. The molecule has 2 N–H and O–H groups in total. The van der Waals surface area contributed by atoms with Crippen LogP contribution in [0.4, 0.5) is 5.69 Å². The molecular formula is C12H16N2O3. The van der Waals surface area contributed by atoms with Crippen molar-refractivity contribution in [2.24, 2.45) is 0 Å². The topological polar surface area (TPSA) is 64.8 Å². The summed E-state index contributed by atoms with van der Waals surface area (Å²) in [7, 11) is 0. The molecule has 1 fully saturated rings.